The summed E-state index contributed by atoms with van der Waals surface area (Å²) in [5.74, 6) is 2.98. The molecular weight excluding hydrogens is 489 g/mol. The lowest BCUT2D eigenvalue weighted by Gasteiger charge is -2.14. The van der Waals surface area contributed by atoms with Crippen molar-refractivity contribution in [1.82, 2.24) is 5.32 Å². The second kappa shape index (κ2) is 11.6. The van der Waals surface area contributed by atoms with E-state index >= 15 is 0 Å². The molecule has 150 valence electrons. The molecule has 0 radical (unpaired) electrons. The van der Waals surface area contributed by atoms with E-state index in [1.54, 1.807) is 31.8 Å². The van der Waals surface area contributed by atoms with Crippen molar-refractivity contribution in [2.24, 2.45) is 4.99 Å². The number of rotatable bonds is 8. The number of anilines is 1. The van der Waals surface area contributed by atoms with Crippen LogP contribution in [0.1, 0.15) is 10.6 Å². The van der Waals surface area contributed by atoms with E-state index in [9.17, 15) is 0 Å². The van der Waals surface area contributed by atoms with E-state index in [1.165, 1.54) is 4.88 Å². The van der Waals surface area contributed by atoms with Gasteiger partial charge in [-0.25, -0.2) is 4.99 Å². The zero-order valence-corrected chi connectivity index (χ0v) is 19.0. The van der Waals surface area contributed by atoms with Gasteiger partial charge in [0.1, 0.15) is 5.76 Å². The van der Waals surface area contributed by atoms with Crippen LogP contribution in [-0.4, -0.2) is 26.7 Å². The first kappa shape index (κ1) is 22.1. The maximum Gasteiger partial charge on any atom is 0.196 e. The molecule has 0 aliphatic heterocycles. The molecule has 3 aromatic rings. The Kier molecular flexibility index (Phi) is 9.15. The zero-order chi connectivity index (χ0) is 18.9. The van der Waals surface area contributed by atoms with Crippen LogP contribution in [0.2, 0.25) is 0 Å². The Labute approximate surface area is 186 Å². The standard InChI is InChI=1S/C20H23N3O3S.HI/c1-24-18-8-7-15(13-19(18)25-2)23-20(22-14-17-6-4-12-27-17)21-10-9-16-5-3-11-26-16;/h3-8,11-13H,9-10,14H2,1-2H3,(H2,21,22,23);1H. The number of nitrogens with one attached hydrogen (secondary N) is 2. The highest BCUT2D eigenvalue weighted by atomic mass is 127. The van der Waals surface area contributed by atoms with Crippen LogP contribution < -0.4 is 20.1 Å². The Morgan fingerprint density at radius 2 is 1.96 bits per heavy atom. The average molecular weight is 513 g/mol. The molecule has 0 amide bonds. The molecule has 28 heavy (non-hydrogen) atoms. The van der Waals surface area contributed by atoms with Gasteiger partial charge in [0, 0.05) is 29.6 Å². The van der Waals surface area contributed by atoms with Crippen LogP contribution in [0.5, 0.6) is 11.5 Å². The fraction of sp³-hybridized carbons (Fsp3) is 0.250. The minimum atomic E-state index is 0. The summed E-state index contributed by atoms with van der Waals surface area (Å²) in [6.07, 6.45) is 2.46. The summed E-state index contributed by atoms with van der Waals surface area (Å²) >= 11 is 1.69. The first-order valence-electron chi connectivity index (χ1n) is 8.60. The van der Waals surface area contributed by atoms with Gasteiger partial charge in [0.25, 0.3) is 0 Å². The monoisotopic (exact) mass is 513 g/mol. The van der Waals surface area contributed by atoms with E-state index in [0.29, 0.717) is 30.5 Å². The number of benzene rings is 1. The molecule has 6 nitrogen and oxygen atoms in total. The summed E-state index contributed by atoms with van der Waals surface area (Å²) in [5.41, 5.74) is 0.864. The summed E-state index contributed by atoms with van der Waals surface area (Å²) in [7, 11) is 3.24. The third-order valence-corrected chi connectivity index (χ3v) is 4.72. The second-order valence-corrected chi connectivity index (χ2v) is 6.73. The number of ether oxygens (including phenoxy) is 2. The summed E-state index contributed by atoms with van der Waals surface area (Å²) in [4.78, 5) is 5.88. The van der Waals surface area contributed by atoms with Gasteiger partial charge in [0.2, 0.25) is 0 Å². The molecule has 1 aromatic carbocycles. The number of hydrogen-bond acceptors (Lipinski definition) is 5. The Morgan fingerprint density at radius 3 is 2.64 bits per heavy atom. The molecule has 3 rings (SSSR count). The summed E-state index contributed by atoms with van der Waals surface area (Å²) < 4.78 is 16.0. The van der Waals surface area contributed by atoms with Gasteiger partial charge >= 0.3 is 0 Å². The van der Waals surface area contributed by atoms with E-state index in [0.717, 1.165) is 17.9 Å². The molecule has 2 aromatic heterocycles. The van der Waals surface area contributed by atoms with Gasteiger partial charge in [-0.15, -0.1) is 35.3 Å². The molecule has 0 bridgehead atoms. The Bertz CT molecular complexity index is 852. The molecular formula is C20H24IN3O3S. The van der Waals surface area contributed by atoms with Crippen molar-refractivity contribution in [1.29, 1.82) is 0 Å². The lowest BCUT2D eigenvalue weighted by atomic mass is 10.2. The van der Waals surface area contributed by atoms with Crippen LogP contribution >= 0.6 is 35.3 Å². The third kappa shape index (κ3) is 6.45. The third-order valence-electron chi connectivity index (χ3n) is 3.86. The fourth-order valence-electron chi connectivity index (χ4n) is 2.51. The first-order chi connectivity index (χ1) is 13.3. The van der Waals surface area contributed by atoms with Gasteiger partial charge in [-0.3, -0.25) is 0 Å². The first-order valence-corrected chi connectivity index (χ1v) is 9.48. The number of guanidine groups is 1. The van der Waals surface area contributed by atoms with Gasteiger partial charge in [-0.05, 0) is 35.7 Å². The van der Waals surface area contributed by atoms with E-state index in [1.807, 2.05) is 36.4 Å². The number of hydrogen-bond donors (Lipinski definition) is 2. The number of nitrogens with zero attached hydrogens (tertiary/aromatic N) is 1. The number of furan rings is 1. The highest BCUT2D eigenvalue weighted by molar-refractivity contribution is 14.0. The predicted octanol–water partition coefficient (Wildman–Crippen LogP) is 4.78. The van der Waals surface area contributed by atoms with Gasteiger partial charge in [-0.2, -0.15) is 0 Å². The SMILES string of the molecule is COc1ccc(NC(=NCc2cccs2)NCCc2ccco2)cc1OC.I. The molecule has 0 unspecified atom stereocenters. The predicted molar refractivity (Wildman–Crippen MR) is 124 cm³/mol. The molecule has 0 fully saturated rings. The molecule has 2 N–H and O–H groups in total. The Hall–Kier alpha value is -2.20. The van der Waals surface area contributed by atoms with Crippen molar-refractivity contribution in [3.05, 3.63) is 64.7 Å². The van der Waals surface area contributed by atoms with E-state index < -0.39 is 0 Å². The number of methoxy groups -OCH3 is 2. The second-order valence-electron chi connectivity index (χ2n) is 5.70. The molecule has 0 aliphatic rings. The van der Waals surface area contributed by atoms with Crippen molar-refractivity contribution >= 4 is 47.0 Å². The van der Waals surface area contributed by atoms with Crippen LogP contribution in [-0.2, 0) is 13.0 Å². The van der Waals surface area contributed by atoms with Crippen LogP contribution in [0.15, 0.2) is 63.5 Å². The van der Waals surface area contributed by atoms with Crippen molar-refractivity contribution in [2.45, 2.75) is 13.0 Å². The van der Waals surface area contributed by atoms with Crippen molar-refractivity contribution in [3.63, 3.8) is 0 Å². The van der Waals surface area contributed by atoms with Crippen LogP contribution in [0.3, 0.4) is 0 Å². The summed E-state index contributed by atoms with van der Waals surface area (Å²) in [6.45, 7) is 1.32. The van der Waals surface area contributed by atoms with Gasteiger partial charge < -0.3 is 24.5 Å². The maximum atomic E-state index is 5.38. The van der Waals surface area contributed by atoms with Crippen LogP contribution in [0.25, 0.3) is 0 Å². The maximum absolute atomic E-state index is 5.38. The summed E-state index contributed by atoms with van der Waals surface area (Å²) in [6, 6.07) is 13.6. The topological polar surface area (TPSA) is 68.0 Å². The van der Waals surface area contributed by atoms with E-state index in [2.05, 4.69) is 27.1 Å². The minimum absolute atomic E-state index is 0. The van der Waals surface area contributed by atoms with Crippen molar-refractivity contribution in [3.8, 4) is 11.5 Å². The van der Waals surface area contributed by atoms with Gasteiger partial charge in [0.15, 0.2) is 17.5 Å². The normalized spacial score (nSPS) is 10.9. The molecule has 0 saturated carbocycles. The molecule has 0 atom stereocenters. The van der Waals surface area contributed by atoms with Crippen LogP contribution in [0, 0.1) is 0 Å². The quantitative estimate of drug-likeness (QED) is 0.258. The molecule has 2 heterocycles. The molecule has 0 aliphatic carbocycles. The van der Waals surface area contributed by atoms with Crippen molar-refractivity contribution < 1.29 is 13.9 Å². The summed E-state index contributed by atoms with van der Waals surface area (Å²) in [5, 5.41) is 8.72. The van der Waals surface area contributed by atoms with Gasteiger partial charge in [0.05, 0.1) is 27.0 Å². The fourth-order valence-corrected chi connectivity index (χ4v) is 3.14. The Morgan fingerprint density at radius 1 is 1.11 bits per heavy atom. The largest absolute Gasteiger partial charge is 0.493 e. The number of halogens is 1. The Balaban J connectivity index is 0.00000280. The lowest BCUT2D eigenvalue weighted by Crippen LogP contribution is -2.32. The average Bonchev–Trinajstić information content (AvgIpc) is 3.40. The zero-order valence-electron chi connectivity index (χ0n) is 15.8. The number of aliphatic imine (C=N–C) groups is 1. The smallest absolute Gasteiger partial charge is 0.196 e. The minimum Gasteiger partial charge on any atom is -0.493 e. The van der Waals surface area contributed by atoms with Gasteiger partial charge in [-0.1, -0.05) is 6.07 Å². The van der Waals surface area contributed by atoms with Crippen LogP contribution in [0.4, 0.5) is 5.69 Å². The number of thiophene rings is 1. The molecule has 8 heteroatoms. The lowest BCUT2D eigenvalue weighted by molar-refractivity contribution is 0.355. The van der Waals surface area contributed by atoms with E-state index in [-0.39, 0.29) is 24.0 Å². The highest BCUT2D eigenvalue weighted by Crippen LogP contribution is 2.29. The molecule has 0 saturated heterocycles. The highest BCUT2D eigenvalue weighted by Gasteiger charge is 2.07. The van der Waals surface area contributed by atoms with Crippen molar-refractivity contribution in [2.75, 3.05) is 26.1 Å². The van der Waals surface area contributed by atoms with E-state index in [4.69, 9.17) is 13.9 Å². The molecule has 0 spiro atoms.